The zero-order valence-electron chi connectivity index (χ0n) is 12.7. The zero-order chi connectivity index (χ0) is 17.8. The Kier molecular flexibility index (Phi) is 5.15. The van der Waals surface area contributed by atoms with Crippen LogP contribution in [0.1, 0.15) is 0 Å². The molecule has 25 heavy (non-hydrogen) atoms. The highest BCUT2D eigenvalue weighted by Crippen LogP contribution is 2.22. The lowest BCUT2D eigenvalue weighted by Gasteiger charge is -2.07. The standard InChI is InChI=1S/C15H12ClFN6OS/c16-10-3-4-11(17)12(6-10)20-13(24)8-25-15-22-21-14(23(15)18)9-2-1-5-19-7-9/h1-7H,8,18H2,(H,20,24). The van der Waals surface area contributed by atoms with Gasteiger partial charge in [0.05, 0.1) is 11.4 Å². The molecule has 0 bridgehead atoms. The Labute approximate surface area is 151 Å². The van der Waals surface area contributed by atoms with Crippen molar-refractivity contribution in [3.05, 3.63) is 53.6 Å². The summed E-state index contributed by atoms with van der Waals surface area (Å²) in [5, 5.41) is 11.1. The van der Waals surface area contributed by atoms with Crippen molar-refractivity contribution in [3.63, 3.8) is 0 Å². The number of amides is 1. The molecule has 0 atom stereocenters. The van der Waals surface area contributed by atoms with Crippen molar-refractivity contribution in [3.8, 4) is 11.4 Å². The van der Waals surface area contributed by atoms with Crippen molar-refractivity contribution >= 4 is 35.0 Å². The molecule has 0 fully saturated rings. The number of anilines is 1. The molecule has 7 nitrogen and oxygen atoms in total. The van der Waals surface area contributed by atoms with Crippen LogP contribution in [0, 0.1) is 5.82 Å². The fraction of sp³-hybridized carbons (Fsp3) is 0.0667. The number of hydrogen-bond acceptors (Lipinski definition) is 6. The average Bonchev–Trinajstić information content (AvgIpc) is 2.98. The van der Waals surface area contributed by atoms with E-state index in [1.165, 1.54) is 22.9 Å². The van der Waals surface area contributed by atoms with Crippen LogP contribution in [0.15, 0.2) is 47.9 Å². The van der Waals surface area contributed by atoms with Gasteiger partial charge in [0.25, 0.3) is 0 Å². The van der Waals surface area contributed by atoms with E-state index in [4.69, 9.17) is 17.4 Å². The Morgan fingerprint density at radius 2 is 2.20 bits per heavy atom. The second-order valence-electron chi connectivity index (χ2n) is 4.88. The van der Waals surface area contributed by atoms with Crippen LogP contribution in [0.3, 0.4) is 0 Å². The minimum absolute atomic E-state index is 0.0170. The lowest BCUT2D eigenvalue weighted by molar-refractivity contribution is -0.113. The number of nitrogens with two attached hydrogens (primary N) is 1. The number of halogens is 2. The molecule has 128 valence electrons. The van der Waals surface area contributed by atoms with Gasteiger partial charge >= 0.3 is 0 Å². The van der Waals surface area contributed by atoms with Crippen LogP contribution in [-0.2, 0) is 4.79 Å². The van der Waals surface area contributed by atoms with Gasteiger partial charge in [-0.05, 0) is 30.3 Å². The molecule has 2 heterocycles. The summed E-state index contributed by atoms with van der Waals surface area (Å²) < 4.78 is 14.9. The summed E-state index contributed by atoms with van der Waals surface area (Å²) in [6, 6.07) is 7.47. The van der Waals surface area contributed by atoms with E-state index in [0.717, 1.165) is 11.8 Å². The van der Waals surface area contributed by atoms with E-state index in [-0.39, 0.29) is 11.4 Å². The predicted octanol–water partition coefficient (Wildman–Crippen LogP) is 2.58. The van der Waals surface area contributed by atoms with E-state index in [2.05, 4.69) is 20.5 Å². The zero-order valence-corrected chi connectivity index (χ0v) is 14.3. The molecule has 0 spiro atoms. The fourth-order valence-electron chi connectivity index (χ4n) is 1.98. The van der Waals surface area contributed by atoms with Crippen molar-refractivity contribution in [2.45, 2.75) is 5.16 Å². The molecule has 0 saturated heterocycles. The van der Waals surface area contributed by atoms with E-state index in [1.54, 1.807) is 24.5 Å². The van der Waals surface area contributed by atoms with Crippen molar-refractivity contribution in [2.75, 3.05) is 16.9 Å². The summed E-state index contributed by atoms with van der Waals surface area (Å²) in [5.74, 6) is 5.37. The number of nitrogens with one attached hydrogen (secondary N) is 1. The smallest absolute Gasteiger partial charge is 0.234 e. The number of benzene rings is 1. The van der Waals surface area contributed by atoms with Crippen LogP contribution in [0.5, 0.6) is 0 Å². The molecule has 0 aliphatic rings. The summed E-state index contributed by atoms with van der Waals surface area (Å²) in [6.07, 6.45) is 3.24. The Morgan fingerprint density at radius 3 is 2.96 bits per heavy atom. The number of pyridine rings is 1. The largest absolute Gasteiger partial charge is 0.335 e. The van der Waals surface area contributed by atoms with Crippen LogP contribution >= 0.6 is 23.4 Å². The van der Waals surface area contributed by atoms with Gasteiger partial charge in [0.2, 0.25) is 11.1 Å². The maximum Gasteiger partial charge on any atom is 0.234 e. The van der Waals surface area contributed by atoms with E-state index in [1.807, 2.05) is 0 Å². The van der Waals surface area contributed by atoms with Gasteiger partial charge in [0.15, 0.2) is 5.82 Å². The van der Waals surface area contributed by atoms with Gasteiger partial charge in [0.1, 0.15) is 5.82 Å². The molecule has 3 aromatic rings. The second-order valence-corrected chi connectivity index (χ2v) is 6.26. The Morgan fingerprint density at radius 1 is 1.36 bits per heavy atom. The van der Waals surface area contributed by atoms with Gasteiger partial charge in [-0.25, -0.2) is 9.07 Å². The molecule has 2 aromatic heterocycles. The molecule has 1 aromatic carbocycles. The van der Waals surface area contributed by atoms with Crippen molar-refractivity contribution in [1.82, 2.24) is 19.9 Å². The van der Waals surface area contributed by atoms with Crippen LogP contribution < -0.4 is 11.2 Å². The normalized spacial score (nSPS) is 10.6. The predicted molar refractivity (Wildman–Crippen MR) is 94.2 cm³/mol. The second kappa shape index (κ2) is 7.49. The van der Waals surface area contributed by atoms with E-state index in [0.29, 0.717) is 21.6 Å². The third kappa shape index (κ3) is 4.06. The topological polar surface area (TPSA) is 98.7 Å². The minimum Gasteiger partial charge on any atom is -0.335 e. The molecule has 1 amide bonds. The van der Waals surface area contributed by atoms with Crippen molar-refractivity contribution in [2.24, 2.45) is 0 Å². The molecule has 0 radical (unpaired) electrons. The highest BCUT2D eigenvalue weighted by atomic mass is 35.5. The molecule has 0 saturated carbocycles. The van der Waals surface area contributed by atoms with Crippen LogP contribution in [0.4, 0.5) is 10.1 Å². The van der Waals surface area contributed by atoms with Gasteiger partial charge in [0, 0.05) is 23.0 Å². The monoisotopic (exact) mass is 378 g/mol. The highest BCUT2D eigenvalue weighted by molar-refractivity contribution is 7.99. The fourth-order valence-corrected chi connectivity index (χ4v) is 2.81. The third-order valence-corrected chi connectivity index (χ3v) is 4.30. The van der Waals surface area contributed by atoms with Crippen LogP contribution in [0.2, 0.25) is 5.02 Å². The lowest BCUT2D eigenvalue weighted by atomic mass is 10.3. The molecule has 10 heteroatoms. The average molecular weight is 379 g/mol. The summed E-state index contributed by atoms with van der Waals surface area (Å²) in [7, 11) is 0. The van der Waals surface area contributed by atoms with Crippen molar-refractivity contribution < 1.29 is 9.18 Å². The van der Waals surface area contributed by atoms with E-state index >= 15 is 0 Å². The van der Waals surface area contributed by atoms with Gasteiger partial charge in [-0.15, -0.1) is 10.2 Å². The summed E-state index contributed by atoms with van der Waals surface area (Å²) in [5.41, 5.74) is 0.721. The molecule has 3 N–H and O–H groups in total. The first-order valence-electron chi connectivity index (χ1n) is 7.03. The molecule has 0 aliphatic carbocycles. The Hall–Kier alpha value is -2.65. The first kappa shape index (κ1) is 17.2. The number of carbonyl (C=O) groups excluding carboxylic acids is 1. The van der Waals surface area contributed by atoms with Crippen LogP contribution in [-0.4, -0.2) is 31.5 Å². The quantitative estimate of drug-likeness (QED) is 0.523. The number of rotatable bonds is 5. The molecular weight excluding hydrogens is 367 g/mol. The maximum atomic E-state index is 13.6. The minimum atomic E-state index is -0.566. The van der Waals surface area contributed by atoms with Gasteiger partial charge < -0.3 is 11.2 Å². The SMILES string of the molecule is Nn1c(SCC(=O)Nc2cc(Cl)ccc2F)nnc1-c1cccnc1. The number of nitrogen functional groups attached to an aromatic ring is 1. The number of carbonyl (C=O) groups is 1. The van der Waals surface area contributed by atoms with E-state index < -0.39 is 11.7 Å². The first-order chi connectivity index (χ1) is 12.0. The summed E-state index contributed by atoms with van der Waals surface area (Å²) in [6.45, 7) is 0. The number of hydrogen-bond donors (Lipinski definition) is 2. The first-order valence-corrected chi connectivity index (χ1v) is 8.39. The third-order valence-electron chi connectivity index (χ3n) is 3.12. The summed E-state index contributed by atoms with van der Waals surface area (Å²) >= 11 is 6.87. The van der Waals surface area contributed by atoms with Gasteiger partial charge in [-0.3, -0.25) is 9.78 Å². The maximum absolute atomic E-state index is 13.6. The molecule has 3 rings (SSSR count). The van der Waals surface area contributed by atoms with Crippen molar-refractivity contribution in [1.29, 1.82) is 0 Å². The van der Waals surface area contributed by atoms with Gasteiger partial charge in [-0.1, -0.05) is 23.4 Å². The highest BCUT2D eigenvalue weighted by Gasteiger charge is 2.14. The lowest BCUT2D eigenvalue weighted by Crippen LogP contribution is -2.17. The molecular formula is C15H12ClFN6OS. The molecule has 0 unspecified atom stereocenters. The summed E-state index contributed by atoms with van der Waals surface area (Å²) in [4.78, 5) is 16.0. The number of thioether (sulfide) groups is 1. The van der Waals surface area contributed by atoms with E-state index in [9.17, 15) is 9.18 Å². The number of aromatic nitrogens is 4. The van der Waals surface area contributed by atoms with Gasteiger partial charge in [-0.2, -0.15) is 0 Å². The Bertz CT molecular complexity index is 904. The number of nitrogens with zero attached hydrogens (tertiary/aromatic N) is 4. The Balaban J connectivity index is 1.65. The van der Waals surface area contributed by atoms with Crippen LogP contribution in [0.25, 0.3) is 11.4 Å². The molecule has 0 aliphatic heterocycles.